The molecule has 0 spiro atoms. The number of aryl methyl sites for hydroxylation is 1. The van der Waals surface area contributed by atoms with E-state index in [1.807, 2.05) is 13.0 Å². The summed E-state index contributed by atoms with van der Waals surface area (Å²) in [6, 6.07) is 1.86. The summed E-state index contributed by atoms with van der Waals surface area (Å²) in [6.45, 7) is 2.76. The molecule has 0 atom stereocenters. The van der Waals surface area contributed by atoms with Gasteiger partial charge in [-0.05, 0) is 25.7 Å². The molecule has 1 saturated carbocycles. The molecule has 1 aromatic rings. The van der Waals surface area contributed by atoms with E-state index < -0.39 is 5.97 Å². The van der Waals surface area contributed by atoms with Crippen LogP contribution in [0.3, 0.4) is 0 Å². The molecule has 2 rings (SSSR count). The van der Waals surface area contributed by atoms with Gasteiger partial charge in [-0.2, -0.15) is 0 Å². The van der Waals surface area contributed by atoms with Crippen LogP contribution >= 0.6 is 0 Å². The first kappa shape index (κ1) is 13.8. The number of carbonyl (C=O) groups excluding carboxylic acids is 1. The molecule has 0 bridgehead atoms. The molecule has 5 nitrogen and oxygen atoms in total. The number of ether oxygens (including phenoxy) is 1. The number of carbonyl (C=O) groups is 1. The highest BCUT2D eigenvalue weighted by molar-refractivity contribution is 5.85. The Kier molecular flexibility index (Phi) is 4.71. The van der Waals surface area contributed by atoms with E-state index in [9.17, 15) is 4.79 Å². The zero-order valence-electron chi connectivity index (χ0n) is 11.6. The van der Waals surface area contributed by atoms with Crippen molar-refractivity contribution in [2.75, 3.05) is 19.0 Å². The van der Waals surface area contributed by atoms with Gasteiger partial charge in [0.15, 0.2) is 0 Å². The Bertz CT molecular complexity index is 442. The van der Waals surface area contributed by atoms with Crippen molar-refractivity contribution in [1.82, 2.24) is 9.97 Å². The lowest BCUT2D eigenvalue weighted by atomic mass is 9.89. The van der Waals surface area contributed by atoms with Crippen molar-refractivity contribution in [3.8, 4) is 0 Å². The zero-order valence-corrected chi connectivity index (χ0v) is 11.6. The van der Waals surface area contributed by atoms with Crippen molar-refractivity contribution in [2.45, 2.75) is 39.0 Å². The van der Waals surface area contributed by atoms with Crippen molar-refractivity contribution in [3.63, 3.8) is 0 Å². The van der Waals surface area contributed by atoms with Gasteiger partial charge in [0.05, 0.1) is 7.11 Å². The second-order valence-corrected chi connectivity index (χ2v) is 5.09. The van der Waals surface area contributed by atoms with Gasteiger partial charge in [-0.3, -0.25) is 0 Å². The highest BCUT2D eigenvalue weighted by atomic mass is 16.5. The third-order valence-electron chi connectivity index (χ3n) is 3.52. The maximum atomic E-state index is 11.4. The third kappa shape index (κ3) is 3.91. The zero-order chi connectivity index (χ0) is 13.7. The fraction of sp³-hybridized carbons (Fsp3) is 0.643. The van der Waals surface area contributed by atoms with Gasteiger partial charge in [0.2, 0.25) is 5.82 Å². The fourth-order valence-electron chi connectivity index (χ4n) is 2.48. The SMILES string of the molecule is COC(=O)c1nc(C)cc(NCC2CCCCC2)n1. The van der Waals surface area contributed by atoms with Crippen LogP contribution in [0, 0.1) is 12.8 Å². The second-order valence-electron chi connectivity index (χ2n) is 5.09. The van der Waals surface area contributed by atoms with E-state index in [-0.39, 0.29) is 5.82 Å². The van der Waals surface area contributed by atoms with Crippen molar-refractivity contribution >= 4 is 11.8 Å². The first-order valence-electron chi connectivity index (χ1n) is 6.87. The molecule has 5 heteroatoms. The molecule has 1 heterocycles. The molecule has 1 fully saturated rings. The van der Waals surface area contributed by atoms with Crippen LogP contribution in [-0.4, -0.2) is 29.6 Å². The Morgan fingerprint density at radius 3 is 2.79 bits per heavy atom. The summed E-state index contributed by atoms with van der Waals surface area (Å²) in [7, 11) is 1.34. The standard InChI is InChI=1S/C14H21N3O2/c1-10-8-12(17-13(16-10)14(18)19-2)15-9-11-6-4-3-5-7-11/h8,11H,3-7,9H2,1-2H3,(H,15,16,17). The quantitative estimate of drug-likeness (QED) is 0.846. The summed E-state index contributed by atoms with van der Waals surface area (Å²) in [5.74, 6) is 1.04. The summed E-state index contributed by atoms with van der Waals surface area (Å²) in [5, 5.41) is 3.32. The number of methoxy groups -OCH3 is 1. The van der Waals surface area contributed by atoms with Crippen molar-refractivity contribution in [1.29, 1.82) is 0 Å². The second kappa shape index (κ2) is 6.50. The average Bonchev–Trinajstić information content (AvgIpc) is 2.45. The third-order valence-corrected chi connectivity index (χ3v) is 3.52. The van der Waals surface area contributed by atoms with Gasteiger partial charge in [-0.15, -0.1) is 0 Å². The van der Waals surface area contributed by atoms with Crippen molar-refractivity contribution in [2.24, 2.45) is 5.92 Å². The molecular formula is C14H21N3O2. The first-order valence-corrected chi connectivity index (χ1v) is 6.87. The molecule has 0 amide bonds. The maximum Gasteiger partial charge on any atom is 0.376 e. The molecule has 0 aromatic carbocycles. The van der Waals surface area contributed by atoms with Crippen LogP contribution in [0.5, 0.6) is 0 Å². The van der Waals surface area contributed by atoms with Gasteiger partial charge < -0.3 is 10.1 Å². The van der Waals surface area contributed by atoms with E-state index in [0.29, 0.717) is 11.7 Å². The van der Waals surface area contributed by atoms with Gasteiger partial charge in [0.25, 0.3) is 0 Å². The number of nitrogens with one attached hydrogen (secondary N) is 1. The minimum Gasteiger partial charge on any atom is -0.463 e. The number of nitrogens with zero attached hydrogens (tertiary/aromatic N) is 2. The number of esters is 1. The Morgan fingerprint density at radius 2 is 2.11 bits per heavy atom. The molecule has 1 aliphatic carbocycles. The molecular weight excluding hydrogens is 242 g/mol. The van der Waals surface area contributed by atoms with Gasteiger partial charge in [-0.25, -0.2) is 14.8 Å². The largest absolute Gasteiger partial charge is 0.463 e. The lowest BCUT2D eigenvalue weighted by Crippen LogP contribution is -2.19. The lowest BCUT2D eigenvalue weighted by Gasteiger charge is -2.22. The average molecular weight is 263 g/mol. The molecule has 0 radical (unpaired) electrons. The van der Waals surface area contributed by atoms with Crippen LogP contribution < -0.4 is 5.32 Å². The monoisotopic (exact) mass is 263 g/mol. The summed E-state index contributed by atoms with van der Waals surface area (Å²) in [4.78, 5) is 19.7. The Balaban J connectivity index is 1.99. The summed E-state index contributed by atoms with van der Waals surface area (Å²) < 4.78 is 4.65. The van der Waals surface area contributed by atoms with Gasteiger partial charge in [0.1, 0.15) is 5.82 Å². The van der Waals surface area contributed by atoms with Crippen LogP contribution in [0.15, 0.2) is 6.07 Å². The van der Waals surface area contributed by atoms with E-state index in [1.54, 1.807) is 0 Å². The highest BCUT2D eigenvalue weighted by Gasteiger charge is 2.15. The van der Waals surface area contributed by atoms with Gasteiger partial charge in [-0.1, -0.05) is 19.3 Å². The van der Waals surface area contributed by atoms with Crippen molar-refractivity contribution in [3.05, 3.63) is 17.6 Å². The number of aromatic nitrogens is 2. The van der Waals surface area contributed by atoms with Gasteiger partial charge in [0, 0.05) is 18.3 Å². The minimum atomic E-state index is -0.496. The van der Waals surface area contributed by atoms with E-state index >= 15 is 0 Å². The maximum absolute atomic E-state index is 11.4. The predicted octanol–water partition coefficient (Wildman–Crippen LogP) is 2.56. The Labute approximate surface area is 113 Å². The fourth-order valence-corrected chi connectivity index (χ4v) is 2.48. The summed E-state index contributed by atoms with van der Waals surface area (Å²) in [5.41, 5.74) is 0.765. The van der Waals surface area contributed by atoms with E-state index in [4.69, 9.17) is 0 Å². The predicted molar refractivity (Wildman–Crippen MR) is 73.2 cm³/mol. The topological polar surface area (TPSA) is 64.1 Å². The van der Waals surface area contributed by atoms with Gasteiger partial charge >= 0.3 is 5.97 Å². The van der Waals surface area contributed by atoms with E-state index in [0.717, 1.165) is 12.2 Å². The van der Waals surface area contributed by atoms with Crippen LogP contribution in [0.25, 0.3) is 0 Å². The highest BCUT2D eigenvalue weighted by Crippen LogP contribution is 2.23. The number of anilines is 1. The van der Waals surface area contributed by atoms with Crippen LogP contribution in [0.4, 0.5) is 5.82 Å². The number of rotatable bonds is 4. The summed E-state index contributed by atoms with van der Waals surface area (Å²) in [6.07, 6.45) is 6.56. The van der Waals surface area contributed by atoms with Crippen molar-refractivity contribution < 1.29 is 9.53 Å². The smallest absolute Gasteiger partial charge is 0.376 e. The molecule has 19 heavy (non-hydrogen) atoms. The first-order chi connectivity index (χ1) is 9.19. The normalized spacial score (nSPS) is 16.1. The molecule has 1 aliphatic rings. The van der Waals surface area contributed by atoms with Crippen LogP contribution in [0.1, 0.15) is 48.4 Å². The Morgan fingerprint density at radius 1 is 1.37 bits per heavy atom. The lowest BCUT2D eigenvalue weighted by molar-refractivity contribution is 0.0586. The van der Waals surface area contributed by atoms with Crippen LogP contribution in [-0.2, 0) is 4.74 Å². The Hall–Kier alpha value is -1.65. The van der Waals surface area contributed by atoms with E-state index in [2.05, 4.69) is 20.0 Å². The van der Waals surface area contributed by atoms with Crippen LogP contribution in [0.2, 0.25) is 0 Å². The molecule has 0 saturated heterocycles. The molecule has 104 valence electrons. The molecule has 0 unspecified atom stereocenters. The summed E-state index contributed by atoms with van der Waals surface area (Å²) >= 11 is 0. The number of hydrogen-bond donors (Lipinski definition) is 1. The van der Waals surface area contributed by atoms with E-state index in [1.165, 1.54) is 39.2 Å². The molecule has 0 aliphatic heterocycles. The molecule has 1 aromatic heterocycles. The number of hydrogen-bond acceptors (Lipinski definition) is 5. The minimum absolute atomic E-state index is 0.119. The molecule has 1 N–H and O–H groups in total.